The molecule has 5 rings (SSSR count). The van der Waals surface area contributed by atoms with Gasteiger partial charge in [0.1, 0.15) is 5.82 Å². The number of nitrogens with zero attached hydrogens (tertiary/aromatic N) is 6. The first-order valence-electron chi connectivity index (χ1n) is 11.9. The Kier molecular flexibility index (Phi) is 6.51. The number of pyridine rings is 2. The maximum atomic E-state index is 12.5. The number of fused-ring (bicyclic) bond motifs is 1. The zero-order valence-electron chi connectivity index (χ0n) is 20.5. The van der Waals surface area contributed by atoms with Crippen LogP contribution in [0.15, 0.2) is 55.0 Å². The second-order valence-electron chi connectivity index (χ2n) is 9.13. The minimum Gasteiger partial charge on any atom is -0.391 e. The number of carbonyl (C=O) groups excluding carboxylic acids is 2. The van der Waals surface area contributed by atoms with Gasteiger partial charge in [-0.2, -0.15) is 5.26 Å². The molecule has 0 atom stereocenters. The summed E-state index contributed by atoms with van der Waals surface area (Å²) in [5.74, 6) is 0.897. The quantitative estimate of drug-likeness (QED) is 0.404. The van der Waals surface area contributed by atoms with Gasteiger partial charge in [0.15, 0.2) is 0 Å². The Morgan fingerprint density at radius 2 is 2.00 bits per heavy atom. The van der Waals surface area contributed by atoms with Crippen LogP contribution in [0.4, 0.5) is 10.6 Å². The molecule has 1 N–H and O–H groups in total. The van der Waals surface area contributed by atoms with E-state index in [-0.39, 0.29) is 11.8 Å². The lowest BCUT2D eigenvalue weighted by Crippen LogP contribution is -2.22. The maximum absolute atomic E-state index is 12.5. The third-order valence-corrected chi connectivity index (χ3v) is 6.17. The highest BCUT2D eigenvalue weighted by atomic mass is 16.6. The number of nitriles is 1. The molecule has 0 radical (unpaired) electrons. The molecule has 2 amide bonds. The number of benzene rings is 1. The van der Waals surface area contributed by atoms with Crippen molar-refractivity contribution in [3.8, 4) is 23.2 Å². The van der Waals surface area contributed by atoms with Gasteiger partial charge in [-0.1, -0.05) is 6.07 Å². The fourth-order valence-electron chi connectivity index (χ4n) is 4.02. The number of hydrogen-bond donors (Lipinski definition) is 1. The molecule has 0 unspecified atom stereocenters. The third kappa shape index (κ3) is 5.56. The summed E-state index contributed by atoms with van der Waals surface area (Å²) in [6, 6.07) is 14.7. The van der Waals surface area contributed by atoms with Gasteiger partial charge >= 0.3 is 6.09 Å². The average molecular weight is 496 g/mol. The Labute approximate surface area is 213 Å². The minimum atomic E-state index is -0.740. The highest BCUT2D eigenvalue weighted by Gasteiger charge is 2.25. The van der Waals surface area contributed by atoms with Crippen LogP contribution in [0.1, 0.15) is 36.3 Å². The van der Waals surface area contributed by atoms with Crippen LogP contribution in [0.25, 0.3) is 22.3 Å². The summed E-state index contributed by atoms with van der Waals surface area (Å²) in [7, 11) is 3.49. The number of ether oxygens (including phenoxy) is 1. The summed E-state index contributed by atoms with van der Waals surface area (Å²) in [5.41, 5.74) is 4.75. The molecule has 1 saturated carbocycles. The molecule has 37 heavy (non-hydrogen) atoms. The van der Waals surface area contributed by atoms with Crippen molar-refractivity contribution >= 4 is 28.9 Å². The SMILES string of the molecule is CN(C)C(=O)CCn1cnc2cc(-c3cc(C4CC4)cc(NC(=O)Oc4cc(C#N)ccn4)n3)ccc21. The molecule has 4 aromatic rings. The Morgan fingerprint density at radius 3 is 2.76 bits per heavy atom. The molecule has 3 aromatic heterocycles. The van der Waals surface area contributed by atoms with Crippen molar-refractivity contribution in [3.05, 3.63) is 66.1 Å². The number of rotatable bonds is 7. The molecule has 0 bridgehead atoms. The monoisotopic (exact) mass is 495 g/mol. The van der Waals surface area contributed by atoms with Gasteiger partial charge in [-0.25, -0.2) is 19.7 Å². The van der Waals surface area contributed by atoms with Gasteiger partial charge in [-0.3, -0.25) is 10.1 Å². The molecule has 1 fully saturated rings. The van der Waals surface area contributed by atoms with Gasteiger partial charge in [0.25, 0.3) is 0 Å². The normalized spacial score (nSPS) is 12.7. The van der Waals surface area contributed by atoms with E-state index in [1.807, 2.05) is 41.0 Å². The first-order chi connectivity index (χ1) is 17.9. The van der Waals surface area contributed by atoms with Gasteiger partial charge in [0.2, 0.25) is 11.8 Å². The molecule has 186 valence electrons. The zero-order valence-corrected chi connectivity index (χ0v) is 20.5. The van der Waals surface area contributed by atoms with E-state index in [2.05, 4.69) is 20.3 Å². The van der Waals surface area contributed by atoms with E-state index in [1.54, 1.807) is 25.3 Å². The van der Waals surface area contributed by atoms with Crippen molar-refractivity contribution in [2.75, 3.05) is 19.4 Å². The molecule has 1 aliphatic carbocycles. The second-order valence-corrected chi connectivity index (χ2v) is 9.13. The number of carbonyl (C=O) groups is 2. The molecule has 0 aliphatic heterocycles. The molecule has 0 saturated heterocycles. The lowest BCUT2D eigenvalue weighted by Gasteiger charge is -2.11. The van der Waals surface area contributed by atoms with E-state index < -0.39 is 6.09 Å². The first kappa shape index (κ1) is 23.9. The largest absolute Gasteiger partial charge is 0.419 e. The number of aromatic nitrogens is 4. The lowest BCUT2D eigenvalue weighted by molar-refractivity contribution is -0.128. The number of nitrogens with one attached hydrogen (secondary N) is 1. The minimum absolute atomic E-state index is 0.0310. The van der Waals surface area contributed by atoms with E-state index in [1.165, 1.54) is 18.3 Å². The smallest absolute Gasteiger partial charge is 0.391 e. The van der Waals surface area contributed by atoms with Crippen LogP contribution in [0.2, 0.25) is 0 Å². The molecule has 10 heteroatoms. The van der Waals surface area contributed by atoms with Gasteiger partial charge in [-0.15, -0.1) is 0 Å². The first-order valence-corrected chi connectivity index (χ1v) is 11.9. The highest BCUT2D eigenvalue weighted by molar-refractivity contribution is 5.86. The third-order valence-electron chi connectivity index (χ3n) is 6.17. The van der Waals surface area contributed by atoms with Crippen LogP contribution in [-0.2, 0) is 11.3 Å². The Balaban J connectivity index is 1.37. The average Bonchev–Trinajstić information content (AvgIpc) is 3.67. The van der Waals surface area contributed by atoms with Crippen LogP contribution in [0, 0.1) is 11.3 Å². The summed E-state index contributed by atoms with van der Waals surface area (Å²) in [5, 5.41) is 11.7. The van der Waals surface area contributed by atoms with E-state index in [0.717, 1.165) is 35.0 Å². The summed E-state index contributed by atoms with van der Waals surface area (Å²) < 4.78 is 7.21. The van der Waals surface area contributed by atoms with Crippen molar-refractivity contribution in [1.82, 2.24) is 24.4 Å². The lowest BCUT2D eigenvalue weighted by atomic mass is 10.1. The van der Waals surface area contributed by atoms with Crippen molar-refractivity contribution < 1.29 is 14.3 Å². The second kappa shape index (κ2) is 10.1. The number of amides is 2. The number of imidazole rings is 1. The van der Waals surface area contributed by atoms with Gasteiger partial charge in [0.05, 0.1) is 34.7 Å². The molecule has 3 heterocycles. The van der Waals surface area contributed by atoms with Gasteiger partial charge in [-0.05, 0) is 54.7 Å². The Hall–Kier alpha value is -4.78. The summed E-state index contributed by atoms with van der Waals surface area (Å²) in [6.45, 7) is 0.546. The van der Waals surface area contributed by atoms with Gasteiger partial charge < -0.3 is 14.2 Å². The molecule has 10 nitrogen and oxygen atoms in total. The standard InChI is InChI=1S/C27H25N7O3/c1-33(2)26(35)8-10-34-16-30-22-12-19(5-6-23(22)34)21-13-20(18-3-4-18)14-24(31-21)32-27(36)37-25-11-17(15-28)7-9-29-25/h5-7,9,11-14,16,18H,3-4,8,10H2,1-2H3,(H,31,32,36). The maximum Gasteiger partial charge on any atom is 0.419 e. The van der Waals surface area contributed by atoms with Crippen LogP contribution in [0.3, 0.4) is 0 Å². The van der Waals surface area contributed by atoms with Crippen LogP contribution in [0.5, 0.6) is 5.88 Å². The molecular formula is C27H25N7O3. The van der Waals surface area contributed by atoms with E-state index in [0.29, 0.717) is 36.0 Å². The number of aryl methyl sites for hydroxylation is 1. The summed E-state index contributed by atoms with van der Waals surface area (Å²) in [4.78, 5) is 39.2. The van der Waals surface area contributed by atoms with Crippen LogP contribution in [-0.4, -0.2) is 50.5 Å². The van der Waals surface area contributed by atoms with Crippen molar-refractivity contribution in [2.24, 2.45) is 0 Å². The van der Waals surface area contributed by atoms with Crippen molar-refractivity contribution in [3.63, 3.8) is 0 Å². The molecule has 1 aromatic carbocycles. The molecule has 0 spiro atoms. The fourth-order valence-corrected chi connectivity index (χ4v) is 4.02. The Bertz CT molecular complexity index is 1530. The predicted molar refractivity (Wildman–Crippen MR) is 137 cm³/mol. The van der Waals surface area contributed by atoms with E-state index in [9.17, 15) is 9.59 Å². The van der Waals surface area contributed by atoms with Crippen molar-refractivity contribution in [2.45, 2.75) is 31.7 Å². The van der Waals surface area contributed by atoms with Gasteiger partial charge in [0, 0.05) is 44.9 Å². The topological polar surface area (TPSA) is 126 Å². The summed E-state index contributed by atoms with van der Waals surface area (Å²) in [6.07, 6.45) is 4.98. The van der Waals surface area contributed by atoms with Crippen LogP contribution >= 0.6 is 0 Å². The van der Waals surface area contributed by atoms with Crippen molar-refractivity contribution in [1.29, 1.82) is 5.26 Å². The molecule has 1 aliphatic rings. The van der Waals surface area contributed by atoms with E-state index in [4.69, 9.17) is 10.00 Å². The predicted octanol–water partition coefficient (Wildman–Crippen LogP) is 4.33. The van der Waals surface area contributed by atoms with E-state index >= 15 is 0 Å². The summed E-state index contributed by atoms with van der Waals surface area (Å²) >= 11 is 0. The Morgan fingerprint density at radius 1 is 1.16 bits per heavy atom. The van der Waals surface area contributed by atoms with Crippen LogP contribution < -0.4 is 10.1 Å². The number of hydrogen-bond acceptors (Lipinski definition) is 7. The fraction of sp³-hybridized carbons (Fsp3) is 0.259. The zero-order chi connectivity index (χ0) is 25.9. The highest BCUT2D eigenvalue weighted by Crippen LogP contribution is 2.42. The molecular weight excluding hydrogens is 470 g/mol. The number of anilines is 1.